The molecular weight excluding hydrogens is 225 g/mol. The Hall–Kier alpha value is 0.110. The second kappa shape index (κ2) is 7.44. The Balaban J connectivity index is 4.80. The highest BCUT2D eigenvalue weighted by atomic mass is 31.2. The molecule has 0 saturated heterocycles. The molecule has 0 amide bonds. The third-order valence-electron chi connectivity index (χ3n) is 2.04. The lowest BCUT2D eigenvalue weighted by Gasteiger charge is -2.33. The smallest absolute Gasteiger partial charge is 0.297 e. The molecule has 0 aromatic heterocycles. The highest BCUT2D eigenvalue weighted by Gasteiger charge is 2.35. The van der Waals surface area contributed by atoms with E-state index in [1.54, 1.807) is 4.67 Å². The van der Waals surface area contributed by atoms with Gasteiger partial charge in [0.2, 0.25) is 0 Å². The monoisotopic (exact) mass is 251 g/mol. The molecular formula is C11H26NO3P. The highest BCUT2D eigenvalue weighted by molar-refractivity contribution is 7.51. The fourth-order valence-corrected chi connectivity index (χ4v) is 3.65. The summed E-state index contributed by atoms with van der Waals surface area (Å²) in [7, 11) is -3.12. The van der Waals surface area contributed by atoms with E-state index in [1.165, 1.54) is 0 Å². The summed E-state index contributed by atoms with van der Waals surface area (Å²) in [5, 5.41) is 0. The van der Waals surface area contributed by atoms with Crippen LogP contribution in [0.1, 0.15) is 48.0 Å². The lowest BCUT2D eigenvalue weighted by Crippen LogP contribution is -2.30. The van der Waals surface area contributed by atoms with Gasteiger partial charge < -0.3 is 0 Å². The fraction of sp³-hybridized carbons (Fsp3) is 1.00. The van der Waals surface area contributed by atoms with Crippen molar-refractivity contribution >= 4 is 7.75 Å². The highest BCUT2D eigenvalue weighted by Crippen LogP contribution is 2.53. The summed E-state index contributed by atoms with van der Waals surface area (Å²) in [6.45, 7) is 12.8. The van der Waals surface area contributed by atoms with E-state index in [-0.39, 0.29) is 12.1 Å². The van der Waals surface area contributed by atoms with Crippen LogP contribution in [0.5, 0.6) is 0 Å². The normalized spacial score (nSPS) is 16.1. The zero-order valence-electron chi connectivity index (χ0n) is 11.4. The maximum absolute atomic E-state index is 12.6. The molecule has 0 aliphatic rings. The Labute approximate surface area is 99.9 Å². The summed E-state index contributed by atoms with van der Waals surface area (Å²) >= 11 is 0. The molecule has 0 aromatic rings. The van der Waals surface area contributed by atoms with Crippen LogP contribution in [-0.2, 0) is 13.6 Å². The van der Waals surface area contributed by atoms with Gasteiger partial charge in [0.25, 0.3) is 0 Å². The van der Waals surface area contributed by atoms with Crippen LogP contribution in [0, 0.1) is 0 Å². The molecule has 0 radical (unpaired) electrons. The van der Waals surface area contributed by atoms with Crippen molar-refractivity contribution in [2.75, 3.05) is 13.2 Å². The molecule has 98 valence electrons. The standard InChI is InChI=1S/C11H26NO3P/c1-7-9-14-16(13,15-11(5)6)12(8-2)10(3)4/h10-11H,7-9H2,1-6H3. The number of hydrogen-bond donors (Lipinski definition) is 0. The van der Waals surface area contributed by atoms with Crippen LogP contribution >= 0.6 is 7.75 Å². The molecule has 0 rings (SSSR count). The second-order valence-corrected chi connectivity index (χ2v) is 6.23. The zero-order chi connectivity index (χ0) is 12.8. The van der Waals surface area contributed by atoms with Crippen molar-refractivity contribution in [3.8, 4) is 0 Å². The van der Waals surface area contributed by atoms with Crippen LogP contribution in [0.25, 0.3) is 0 Å². The van der Waals surface area contributed by atoms with E-state index in [0.717, 1.165) is 6.42 Å². The Morgan fingerprint density at radius 2 is 1.75 bits per heavy atom. The topological polar surface area (TPSA) is 38.8 Å². The van der Waals surface area contributed by atoms with Crippen LogP contribution in [-0.4, -0.2) is 30.0 Å². The van der Waals surface area contributed by atoms with Crippen molar-refractivity contribution in [3.63, 3.8) is 0 Å². The molecule has 0 aliphatic heterocycles. The summed E-state index contributed by atoms with van der Waals surface area (Å²) in [5.74, 6) is 0. The minimum absolute atomic E-state index is 0.101. The van der Waals surface area contributed by atoms with Crippen LogP contribution in [0.15, 0.2) is 0 Å². The van der Waals surface area contributed by atoms with Gasteiger partial charge in [0, 0.05) is 12.6 Å². The van der Waals surface area contributed by atoms with Crippen LogP contribution in [0.4, 0.5) is 0 Å². The zero-order valence-corrected chi connectivity index (χ0v) is 12.3. The fourth-order valence-electron chi connectivity index (χ4n) is 1.46. The van der Waals surface area contributed by atoms with Gasteiger partial charge >= 0.3 is 7.75 Å². The van der Waals surface area contributed by atoms with Crippen molar-refractivity contribution < 1.29 is 13.6 Å². The van der Waals surface area contributed by atoms with E-state index >= 15 is 0 Å². The van der Waals surface area contributed by atoms with Crippen LogP contribution in [0.3, 0.4) is 0 Å². The van der Waals surface area contributed by atoms with E-state index < -0.39 is 7.75 Å². The second-order valence-electron chi connectivity index (χ2n) is 4.31. The Morgan fingerprint density at radius 1 is 1.19 bits per heavy atom. The van der Waals surface area contributed by atoms with Crippen molar-refractivity contribution in [2.24, 2.45) is 0 Å². The number of hydrogen-bond acceptors (Lipinski definition) is 3. The van der Waals surface area contributed by atoms with E-state index in [9.17, 15) is 4.57 Å². The third kappa shape index (κ3) is 4.96. The molecule has 5 heteroatoms. The largest absolute Gasteiger partial charge is 0.408 e. The lowest BCUT2D eigenvalue weighted by molar-refractivity contribution is 0.121. The van der Waals surface area contributed by atoms with E-state index in [4.69, 9.17) is 9.05 Å². The van der Waals surface area contributed by atoms with Crippen molar-refractivity contribution in [1.82, 2.24) is 4.67 Å². The van der Waals surface area contributed by atoms with Gasteiger partial charge in [0.05, 0.1) is 12.7 Å². The van der Waals surface area contributed by atoms with Gasteiger partial charge in [-0.25, -0.2) is 9.24 Å². The average Bonchev–Trinajstić information content (AvgIpc) is 2.13. The SMILES string of the molecule is CCCOP(=O)(OC(C)C)N(CC)C(C)C. The van der Waals surface area contributed by atoms with Gasteiger partial charge in [-0.1, -0.05) is 13.8 Å². The first-order valence-electron chi connectivity index (χ1n) is 6.07. The molecule has 4 nitrogen and oxygen atoms in total. The predicted octanol–water partition coefficient (Wildman–Crippen LogP) is 3.68. The average molecular weight is 251 g/mol. The molecule has 0 spiro atoms. The van der Waals surface area contributed by atoms with Gasteiger partial charge in [0.1, 0.15) is 0 Å². The first-order valence-corrected chi connectivity index (χ1v) is 7.57. The molecule has 0 saturated carbocycles. The van der Waals surface area contributed by atoms with Gasteiger partial charge in [-0.2, -0.15) is 0 Å². The van der Waals surface area contributed by atoms with E-state index in [1.807, 2.05) is 41.5 Å². The summed E-state index contributed by atoms with van der Waals surface area (Å²) < 4.78 is 25.4. The minimum atomic E-state index is -3.12. The Kier molecular flexibility index (Phi) is 7.49. The molecule has 1 unspecified atom stereocenters. The van der Waals surface area contributed by atoms with E-state index in [2.05, 4.69) is 0 Å². The van der Waals surface area contributed by atoms with Gasteiger partial charge in [-0.05, 0) is 34.1 Å². The van der Waals surface area contributed by atoms with E-state index in [0.29, 0.717) is 13.2 Å². The molecule has 0 aliphatic carbocycles. The van der Waals surface area contributed by atoms with Crippen molar-refractivity contribution in [1.29, 1.82) is 0 Å². The van der Waals surface area contributed by atoms with Crippen molar-refractivity contribution in [2.45, 2.75) is 60.1 Å². The van der Waals surface area contributed by atoms with Gasteiger partial charge in [-0.15, -0.1) is 0 Å². The van der Waals surface area contributed by atoms with Gasteiger partial charge in [-0.3, -0.25) is 9.05 Å². The predicted molar refractivity (Wildman–Crippen MR) is 67.6 cm³/mol. The van der Waals surface area contributed by atoms with Crippen molar-refractivity contribution in [3.05, 3.63) is 0 Å². The van der Waals surface area contributed by atoms with Crippen LogP contribution < -0.4 is 0 Å². The molecule has 0 aromatic carbocycles. The summed E-state index contributed by atoms with van der Waals surface area (Å²) in [6, 6.07) is 0.145. The molecule has 0 heterocycles. The number of rotatable bonds is 8. The molecule has 0 bridgehead atoms. The third-order valence-corrected chi connectivity index (χ3v) is 4.61. The molecule has 0 N–H and O–H groups in total. The van der Waals surface area contributed by atoms with Gasteiger partial charge in [0.15, 0.2) is 0 Å². The molecule has 16 heavy (non-hydrogen) atoms. The summed E-state index contributed by atoms with van der Waals surface area (Å²) in [6.07, 6.45) is 0.733. The summed E-state index contributed by atoms with van der Waals surface area (Å²) in [5.41, 5.74) is 0. The lowest BCUT2D eigenvalue weighted by atomic mass is 10.4. The van der Waals surface area contributed by atoms with Crippen LogP contribution in [0.2, 0.25) is 0 Å². The summed E-state index contributed by atoms with van der Waals surface area (Å²) in [4.78, 5) is 0. The first kappa shape index (κ1) is 16.1. The molecule has 1 atom stereocenters. The molecule has 0 fully saturated rings. The Bertz CT molecular complexity index is 231. The Morgan fingerprint density at radius 3 is 2.06 bits per heavy atom. The minimum Gasteiger partial charge on any atom is -0.297 e. The maximum atomic E-state index is 12.6. The first-order chi connectivity index (χ1) is 7.37. The number of nitrogens with zero attached hydrogens (tertiary/aromatic N) is 1. The quantitative estimate of drug-likeness (QED) is 0.617. The maximum Gasteiger partial charge on any atom is 0.408 e.